The molecule has 0 aliphatic rings. The van der Waals surface area contributed by atoms with E-state index in [-0.39, 0.29) is 5.91 Å². The molecule has 3 aromatic heterocycles. The van der Waals surface area contributed by atoms with Crippen molar-refractivity contribution < 1.29 is 4.79 Å². The Balaban J connectivity index is 1.83. The second kappa shape index (κ2) is 8.12. The van der Waals surface area contributed by atoms with Crippen molar-refractivity contribution in [2.75, 3.05) is 11.1 Å². The fraction of sp³-hybridized carbons (Fsp3) is 0.235. The molecule has 0 fully saturated rings. The van der Waals surface area contributed by atoms with E-state index in [1.54, 1.807) is 17.1 Å². The minimum Gasteiger partial charge on any atom is -0.298 e. The number of nitrogens with one attached hydrogen (secondary N) is 1. The number of thioether (sulfide) groups is 1. The molecule has 26 heavy (non-hydrogen) atoms. The molecule has 3 heterocycles. The predicted octanol–water partition coefficient (Wildman–Crippen LogP) is 3.46. The maximum atomic E-state index is 12.7. The van der Waals surface area contributed by atoms with Crippen molar-refractivity contribution in [3.63, 3.8) is 0 Å². The Bertz CT molecular complexity index is 958. The molecule has 0 bridgehead atoms. The minimum atomic E-state index is -0.255. The Morgan fingerprint density at radius 3 is 3.00 bits per heavy atom. The van der Waals surface area contributed by atoms with Gasteiger partial charge in [0.25, 0.3) is 5.91 Å². The molecule has 0 aliphatic heterocycles. The molecule has 1 N–H and O–H groups in total. The van der Waals surface area contributed by atoms with Gasteiger partial charge >= 0.3 is 0 Å². The summed E-state index contributed by atoms with van der Waals surface area (Å²) in [7, 11) is 0. The Hall–Kier alpha value is -2.70. The third kappa shape index (κ3) is 3.76. The van der Waals surface area contributed by atoms with Crippen LogP contribution in [0, 0.1) is 18.3 Å². The Morgan fingerprint density at radius 2 is 2.31 bits per heavy atom. The maximum Gasteiger partial charge on any atom is 0.260 e. The maximum absolute atomic E-state index is 12.7. The second-order valence-electron chi connectivity index (χ2n) is 5.25. The first-order chi connectivity index (χ1) is 12.6. The highest BCUT2D eigenvalue weighted by Gasteiger charge is 2.19. The number of aryl methyl sites for hydroxylation is 1. The summed E-state index contributed by atoms with van der Waals surface area (Å²) in [5, 5.41) is 16.4. The van der Waals surface area contributed by atoms with E-state index in [1.807, 2.05) is 32.0 Å². The first-order valence-electron chi connectivity index (χ1n) is 7.90. The summed E-state index contributed by atoms with van der Waals surface area (Å²) in [6.45, 7) is 3.83. The molecule has 9 heteroatoms. The Labute approximate surface area is 159 Å². The topological polar surface area (TPSA) is 96.5 Å². The van der Waals surface area contributed by atoms with Gasteiger partial charge in [-0.3, -0.25) is 10.1 Å². The van der Waals surface area contributed by atoms with E-state index in [1.165, 1.54) is 23.1 Å². The van der Waals surface area contributed by atoms with Crippen molar-refractivity contribution >= 4 is 34.1 Å². The number of pyridine rings is 1. The molecule has 0 unspecified atom stereocenters. The zero-order valence-electron chi connectivity index (χ0n) is 14.3. The highest BCUT2D eigenvalue weighted by atomic mass is 32.2. The number of rotatable bonds is 6. The molecule has 0 radical (unpaired) electrons. The van der Waals surface area contributed by atoms with Crippen molar-refractivity contribution in [2.45, 2.75) is 24.5 Å². The number of nitrogens with zero attached hydrogens (tertiary/aromatic N) is 5. The summed E-state index contributed by atoms with van der Waals surface area (Å²) in [5.41, 5.74) is 2.09. The van der Waals surface area contributed by atoms with E-state index < -0.39 is 0 Å². The van der Waals surface area contributed by atoms with E-state index in [4.69, 9.17) is 5.26 Å². The molecule has 0 atom stereocenters. The average molecular weight is 384 g/mol. The summed E-state index contributed by atoms with van der Waals surface area (Å²) >= 11 is 2.79. The lowest BCUT2D eigenvalue weighted by atomic mass is 10.2. The molecule has 0 saturated carbocycles. The van der Waals surface area contributed by atoms with Crippen LogP contribution in [0.4, 0.5) is 5.13 Å². The fourth-order valence-corrected chi connectivity index (χ4v) is 4.21. The zero-order valence-corrected chi connectivity index (χ0v) is 15.9. The molecule has 0 aromatic carbocycles. The van der Waals surface area contributed by atoms with Gasteiger partial charge in [0.05, 0.1) is 39.2 Å². The quantitative estimate of drug-likeness (QED) is 0.654. The lowest BCUT2D eigenvalue weighted by Gasteiger charge is -2.06. The Kier molecular flexibility index (Phi) is 5.65. The molecule has 0 saturated heterocycles. The standard InChI is InChI=1S/C17H16N6OS2/c1-3-13-12(10-20-23(13)14-6-4-5-8-19-14)15(24)22-17-21-11(2)16(26-17)25-9-7-18/h4-6,8,10H,3,9H2,1-2H3,(H,21,22,24). The van der Waals surface area contributed by atoms with E-state index in [0.29, 0.717) is 28.7 Å². The van der Waals surface area contributed by atoms with Gasteiger partial charge in [0.1, 0.15) is 0 Å². The molecule has 0 spiro atoms. The monoisotopic (exact) mass is 384 g/mol. The molecule has 1 amide bonds. The third-order valence-corrected chi connectivity index (χ3v) is 5.86. The molecule has 0 aliphatic carbocycles. The number of hydrogen-bond donors (Lipinski definition) is 1. The van der Waals surface area contributed by atoms with Gasteiger partial charge in [-0.25, -0.2) is 14.6 Å². The molecule has 132 valence electrons. The molecule has 7 nitrogen and oxygen atoms in total. The SMILES string of the molecule is CCc1c(C(=O)Nc2nc(C)c(SCC#N)s2)cnn1-c1ccccn1. The van der Waals surface area contributed by atoms with Crippen molar-refractivity contribution in [1.29, 1.82) is 5.26 Å². The van der Waals surface area contributed by atoms with Crippen LogP contribution < -0.4 is 5.32 Å². The number of hydrogen-bond acceptors (Lipinski definition) is 7. The van der Waals surface area contributed by atoms with Gasteiger partial charge in [0.2, 0.25) is 0 Å². The minimum absolute atomic E-state index is 0.255. The van der Waals surface area contributed by atoms with E-state index in [0.717, 1.165) is 15.6 Å². The van der Waals surface area contributed by atoms with Gasteiger partial charge in [-0.1, -0.05) is 36.1 Å². The van der Waals surface area contributed by atoms with Crippen LogP contribution in [0.15, 0.2) is 34.8 Å². The van der Waals surface area contributed by atoms with Crippen LogP contribution >= 0.6 is 23.1 Å². The number of thiazole rings is 1. The average Bonchev–Trinajstić information content (AvgIpc) is 3.23. The van der Waals surface area contributed by atoms with Gasteiger partial charge in [0, 0.05) is 6.20 Å². The summed E-state index contributed by atoms with van der Waals surface area (Å²) in [4.78, 5) is 21.3. The lowest BCUT2D eigenvalue weighted by molar-refractivity contribution is 0.102. The number of carbonyl (C=O) groups is 1. The highest BCUT2D eigenvalue weighted by Crippen LogP contribution is 2.32. The smallest absolute Gasteiger partial charge is 0.260 e. The number of aromatic nitrogens is 4. The van der Waals surface area contributed by atoms with E-state index in [2.05, 4.69) is 26.5 Å². The number of anilines is 1. The van der Waals surface area contributed by atoms with Gasteiger partial charge in [-0.05, 0) is 25.5 Å². The van der Waals surface area contributed by atoms with Gasteiger partial charge in [0.15, 0.2) is 10.9 Å². The van der Waals surface area contributed by atoms with Crippen LogP contribution in [0.1, 0.15) is 28.7 Å². The van der Waals surface area contributed by atoms with Crippen molar-refractivity contribution in [3.8, 4) is 11.9 Å². The Morgan fingerprint density at radius 1 is 1.46 bits per heavy atom. The summed E-state index contributed by atoms with van der Waals surface area (Å²) < 4.78 is 2.61. The van der Waals surface area contributed by atoms with Crippen molar-refractivity contribution in [2.24, 2.45) is 0 Å². The summed E-state index contributed by atoms with van der Waals surface area (Å²) in [6, 6.07) is 7.64. The van der Waals surface area contributed by atoms with Crippen LogP contribution in [-0.2, 0) is 6.42 Å². The predicted molar refractivity (Wildman–Crippen MR) is 102 cm³/mol. The normalized spacial score (nSPS) is 10.5. The van der Waals surface area contributed by atoms with Gasteiger partial charge in [-0.15, -0.1) is 0 Å². The van der Waals surface area contributed by atoms with Crippen LogP contribution in [-0.4, -0.2) is 31.4 Å². The van der Waals surface area contributed by atoms with Crippen molar-refractivity contribution in [1.82, 2.24) is 19.7 Å². The van der Waals surface area contributed by atoms with Crippen LogP contribution in [0.5, 0.6) is 0 Å². The molecule has 3 rings (SSSR count). The molecular formula is C17H16N6OS2. The molecule has 3 aromatic rings. The van der Waals surface area contributed by atoms with Crippen LogP contribution in [0.3, 0.4) is 0 Å². The highest BCUT2D eigenvalue weighted by molar-refractivity contribution is 8.01. The summed E-state index contributed by atoms with van der Waals surface area (Å²) in [6.07, 6.45) is 3.88. The van der Waals surface area contributed by atoms with Crippen LogP contribution in [0.25, 0.3) is 5.82 Å². The first-order valence-corrected chi connectivity index (χ1v) is 9.71. The second-order valence-corrected chi connectivity index (χ2v) is 7.49. The largest absolute Gasteiger partial charge is 0.298 e. The number of nitriles is 1. The molecular weight excluding hydrogens is 368 g/mol. The van der Waals surface area contributed by atoms with E-state index >= 15 is 0 Å². The summed E-state index contributed by atoms with van der Waals surface area (Å²) in [5.74, 6) is 0.770. The zero-order chi connectivity index (χ0) is 18.5. The first kappa shape index (κ1) is 18.1. The third-order valence-electron chi connectivity index (χ3n) is 3.56. The van der Waals surface area contributed by atoms with Gasteiger partial charge in [-0.2, -0.15) is 10.4 Å². The van der Waals surface area contributed by atoms with Crippen molar-refractivity contribution in [3.05, 3.63) is 47.5 Å². The number of carbonyl (C=O) groups excluding carboxylic acids is 1. The fourth-order valence-electron chi connectivity index (χ4n) is 2.41. The lowest BCUT2D eigenvalue weighted by Crippen LogP contribution is -2.14. The van der Waals surface area contributed by atoms with Gasteiger partial charge < -0.3 is 0 Å². The van der Waals surface area contributed by atoms with Crippen LogP contribution in [0.2, 0.25) is 0 Å². The number of amides is 1. The van der Waals surface area contributed by atoms with E-state index in [9.17, 15) is 4.79 Å².